The van der Waals surface area contributed by atoms with E-state index in [4.69, 9.17) is 5.11 Å². The maximum Gasteiger partial charge on any atom is 0.358 e. The maximum absolute atomic E-state index is 12.4. The van der Waals surface area contributed by atoms with E-state index in [0.717, 1.165) is 32.1 Å². The highest BCUT2D eigenvalue weighted by Gasteiger charge is 2.24. The number of aromatic carboxylic acids is 1. The fraction of sp³-hybridized carbons (Fsp3) is 0.733. The summed E-state index contributed by atoms with van der Waals surface area (Å²) in [6.07, 6.45) is 6.98. The molecule has 0 spiro atoms. The van der Waals surface area contributed by atoms with Gasteiger partial charge in [-0.2, -0.15) is 0 Å². The molecule has 122 valence electrons. The lowest BCUT2D eigenvalue weighted by molar-refractivity contribution is -0.133. The molecule has 1 aromatic rings. The first-order chi connectivity index (χ1) is 10.5. The summed E-state index contributed by atoms with van der Waals surface area (Å²) in [5.41, 5.74) is 0.482. The first kappa shape index (κ1) is 16.5. The van der Waals surface area contributed by atoms with Crippen LogP contribution in [-0.2, 0) is 17.8 Å². The highest BCUT2D eigenvalue weighted by molar-refractivity contribution is 5.86. The van der Waals surface area contributed by atoms with Gasteiger partial charge in [-0.1, -0.05) is 37.8 Å². The smallest absolute Gasteiger partial charge is 0.358 e. The molecule has 1 aromatic heterocycles. The summed E-state index contributed by atoms with van der Waals surface area (Å²) in [6, 6.07) is 0.290. The second-order valence-corrected chi connectivity index (χ2v) is 5.89. The van der Waals surface area contributed by atoms with E-state index < -0.39 is 5.97 Å². The zero-order valence-electron chi connectivity index (χ0n) is 13.3. The molecule has 1 aliphatic carbocycles. The van der Waals surface area contributed by atoms with Gasteiger partial charge in [-0.15, -0.1) is 5.10 Å². The first-order valence-electron chi connectivity index (χ1n) is 7.96. The van der Waals surface area contributed by atoms with E-state index in [2.05, 4.69) is 10.3 Å². The molecule has 7 nitrogen and oxygen atoms in total. The molecule has 0 bridgehead atoms. The minimum absolute atomic E-state index is 0.0360. The Morgan fingerprint density at radius 2 is 2.00 bits per heavy atom. The van der Waals surface area contributed by atoms with Gasteiger partial charge in [-0.05, 0) is 19.3 Å². The predicted molar refractivity (Wildman–Crippen MR) is 80.6 cm³/mol. The molecule has 1 amide bonds. The van der Waals surface area contributed by atoms with Crippen LogP contribution in [-0.4, -0.2) is 50.0 Å². The van der Waals surface area contributed by atoms with Gasteiger partial charge in [-0.3, -0.25) is 4.79 Å². The minimum Gasteiger partial charge on any atom is -0.476 e. The van der Waals surface area contributed by atoms with Gasteiger partial charge in [0.05, 0.1) is 5.69 Å². The van der Waals surface area contributed by atoms with Crippen LogP contribution in [0, 0.1) is 0 Å². The van der Waals surface area contributed by atoms with E-state index in [0.29, 0.717) is 18.2 Å². The maximum atomic E-state index is 12.4. The Balaban J connectivity index is 2.08. The van der Waals surface area contributed by atoms with E-state index in [1.54, 1.807) is 4.90 Å². The molecule has 0 aliphatic heterocycles. The quantitative estimate of drug-likeness (QED) is 0.864. The fourth-order valence-electron chi connectivity index (χ4n) is 3.02. The van der Waals surface area contributed by atoms with Gasteiger partial charge in [0.1, 0.15) is 6.54 Å². The van der Waals surface area contributed by atoms with Crippen LogP contribution in [0.1, 0.15) is 61.6 Å². The molecule has 0 aromatic carbocycles. The number of carboxylic acids is 1. The van der Waals surface area contributed by atoms with Crippen LogP contribution in [0.4, 0.5) is 0 Å². The van der Waals surface area contributed by atoms with Crippen molar-refractivity contribution in [3.8, 4) is 0 Å². The van der Waals surface area contributed by atoms with Gasteiger partial charge in [-0.25, -0.2) is 9.48 Å². The van der Waals surface area contributed by atoms with Crippen LogP contribution in [0.3, 0.4) is 0 Å². The summed E-state index contributed by atoms with van der Waals surface area (Å²) in [6.45, 7) is 2.02. The van der Waals surface area contributed by atoms with E-state index in [-0.39, 0.29) is 18.1 Å². The summed E-state index contributed by atoms with van der Waals surface area (Å²) in [5.74, 6) is -1.13. The first-order valence-corrected chi connectivity index (χ1v) is 7.96. The molecule has 7 heteroatoms. The van der Waals surface area contributed by atoms with Crippen molar-refractivity contribution in [2.45, 2.75) is 64.5 Å². The number of hydrogen-bond donors (Lipinski definition) is 1. The molecule has 1 fully saturated rings. The van der Waals surface area contributed by atoms with Crippen LogP contribution in [0.2, 0.25) is 0 Å². The van der Waals surface area contributed by atoms with Crippen LogP contribution in [0.25, 0.3) is 0 Å². The second kappa shape index (κ2) is 7.38. The number of likely N-dealkylation sites (N-methyl/N-ethyl adjacent to an activating group) is 1. The minimum atomic E-state index is -1.09. The third-order valence-electron chi connectivity index (χ3n) is 4.33. The summed E-state index contributed by atoms with van der Waals surface area (Å²) in [4.78, 5) is 25.4. The van der Waals surface area contributed by atoms with Crippen molar-refractivity contribution in [3.63, 3.8) is 0 Å². The van der Waals surface area contributed by atoms with Crippen LogP contribution < -0.4 is 0 Å². The van der Waals surface area contributed by atoms with Gasteiger partial charge in [0, 0.05) is 13.1 Å². The summed E-state index contributed by atoms with van der Waals surface area (Å²) >= 11 is 0. The summed E-state index contributed by atoms with van der Waals surface area (Å²) in [5, 5.41) is 16.7. The third-order valence-corrected chi connectivity index (χ3v) is 4.33. The van der Waals surface area contributed by atoms with E-state index in [1.807, 2.05) is 14.0 Å². The van der Waals surface area contributed by atoms with Crippen LogP contribution >= 0.6 is 0 Å². The Kier molecular flexibility index (Phi) is 5.51. The number of aromatic nitrogens is 3. The Labute approximate surface area is 130 Å². The van der Waals surface area contributed by atoms with Gasteiger partial charge >= 0.3 is 5.97 Å². The number of carbonyl (C=O) groups excluding carboxylic acids is 1. The zero-order valence-corrected chi connectivity index (χ0v) is 13.3. The van der Waals surface area contributed by atoms with Crippen molar-refractivity contribution in [2.75, 3.05) is 7.05 Å². The molecular weight excluding hydrogens is 284 g/mol. The number of carbonyl (C=O) groups is 2. The lowest BCUT2D eigenvalue weighted by Gasteiger charge is -2.31. The number of nitrogens with zero attached hydrogens (tertiary/aromatic N) is 4. The molecule has 1 aliphatic rings. The largest absolute Gasteiger partial charge is 0.476 e. The summed E-state index contributed by atoms with van der Waals surface area (Å²) < 4.78 is 1.44. The van der Waals surface area contributed by atoms with Crippen molar-refractivity contribution >= 4 is 11.9 Å². The Morgan fingerprint density at radius 1 is 1.32 bits per heavy atom. The molecule has 2 rings (SSSR count). The predicted octanol–water partition coefficient (Wildman–Crippen LogP) is 1.72. The number of hydrogen-bond acceptors (Lipinski definition) is 4. The van der Waals surface area contributed by atoms with Crippen molar-refractivity contribution in [1.29, 1.82) is 0 Å². The Morgan fingerprint density at radius 3 is 2.59 bits per heavy atom. The Hall–Kier alpha value is -1.92. The van der Waals surface area contributed by atoms with Crippen LogP contribution in [0.15, 0.2) is 0 Å². The third kappa shape index (κ3) is 3.64. The van der Waals surface area contributed by atoms with E-state index in [1.165, 1.54) is 11.1 Å². The molecule has 0 radical (unpaired) electrons. The van der Waals surface area contributed by atoms with Gasteiger partial charge in [0.15, 0.2) is 5.69 Å². The van der Waals surface area contributed by atoms with Gasteiger partial charge < -0.3 is 10.0 Å². The number of rotatable bonds is 6. The van der Waals surface area contributed by atoms with Crippen molar-refractivity contribution < 1.29 is 14.7 Å². The molecule has 0 saturated heterocycles. The van der Waals surface area contributed by atoms with Crippen molar-refractivity contribution in [2.24, 2.45) is 0 Å². The van der Waals surface area contributed by atoms with Crippen LogP contribution in [0.5, 0.6) is 0 Å². The van der Waals surface area contributed by atoms with Gasteiger partial charge in [0.2, 0.25) is 5.91 Å². The van der Waals surface area contributed by atoms with Gasteiger partial charge in [0.25, 0.3) is 0 Å². The zero-order chi connectivity index (χ0) is 16.1. The van der Waals surface area contributed by atoms with Crippen molar-refractivity contribution in [1.82, 2.24) is 19.9 Å². The monoisotopic (exact) mass is 308 g/mol. The average molecular weight is 308 g/mol. The Bertz CT molecular complexity index is 535. The molecule has 0 atom stereocenters. The molecule has 1 heterocycles. The van der Waals surface area contributed by atoms with Crippen molar-refractivity contribution in [3.05, 3.63) is 11.4 Å². The standard InChI is InChI=1S/C15H24N4O3/c1-3-7-12-14(15(21)22)16-17-19(12)10-13(20)18(2)11-8-5-4-6-9-11/h11H,3-10H2,1-2H3,(H,21,22). The average Bonchev–Trinajstić information content (AvgIpc) is 2.91. The molecular formula is C15H24N4O3. The molecule has 1 N–H and O–H groups in total. The number of carboxylic acid groups (broad SMARTS) is 1. The molecule has 0 unspecified atom stereocenters. The lowest BCUT2D eigenvalue weighted by atomic mass is 9.94. The topological polar surface area (TPSA) is 88.3 Å². The van der Waals surface area contributed by atoms with E-state index >= 15 is 0 Å². The summed E-state index contributed by atoms with van der Waals surface area (Å²) in [7, 11) is 1.83. The number of amides is 1. The SMILES string of the molecule is CCCc1c(C(=O)O)nnn1CC(=O)N(C)C1CCCCC1. The normalized spacial score (nSPS) is 15.7. The molecule has 1 saturated carbocycles. The second-order valence-electron chi connectivity index (χ2n) is 5.89. The highest BCUT2D eigenvalue weighted by Crippen LogP contribution is 2.22. The molecule has 22 heavy (non-hydrogen) atoms. The fourth-order valence-corrected chi connectivity index (χ4v) is 3.02. The van der Waals surface area contributed by atoms with E-state index in [9.17, 15) is 9.59 Å². The lowest BCUT2D eigenvalue weighted by Crippen LogP contribution is -2.40. The highest BCUT2D eigenvalue weighted by atomic mass is 16.4.